The second-order valence-corrected chi connectivity index (χ2v) is 5.87. The molecule has 0 saturated heterocycles. The van der Waals surface area contributed by atoms with E-state index in [0.717, 1.165) is 6.07 Å². The van der Waals surface area contributed by atoms with Crippen LogP contribution in [-0.2, 0) is 4.79 Å². The van der Waals surface area contributed by atoms with E-state index in [1.54, 1.807) is 17.9 Å². The third-order valence-electron chi connectivity index (χ3n) is 3.06. The summed E-state index contributed by atoms with van der Waals surface area (Å²) in [5.41, 5.74) is -0.134. The smallest absolute Gasteiger partial charge is 0.228 e. The van der Waals surface area contributed by atoms with Gasteiger partial charge in [0, 0.05) is 18.0 Å². The second kappa shape index (κ2) is 6.16. The predicted octanol–water partition coefficient (Wildman–Crippen LogP) is 4.09. The summed E-state index contributed by atoms with van der Waals surface area (Å²) in [7, 11) is 0. The van der Waals surface area contributed by atoms with E-state index in [-0.39, 0.29) is 5.91 Å². The number of nitrogens with zero attached hydrogens (tertiary/aromatic N) is 1. The molecule has 110 valence electrons. The zero-order valence-electron chi connectivity index (χ0n) is 12.4. The SMILES string of the molecule is C=CCN(C(=O)C(C)(C)C)[C@H](C)c1cc(F)cc(F)c1. The van der Waals surface area contributed by atoms with Crippen molar-refractivity contribution in [1.82, 2.24) is 4.90 Å². The Bertz CT molecular complexity index is 485. The van der Waals surface area contributed by atoms with Crippen molar-refractivity contribution in [3.05, 3.63) is 48.1 Å². The van der Waals surface area contributed by atoms with Crippen LogP contribution in [-0.4, -0.2) is 17.4 Å². The zero-order chi connectivity index (χ0) is 15.5. The fraction of sp³-hybridized carbons (Fsp3) is 0.438. The normalized spacial score (nSPS) is 12.9. The van der Waals surface area contributed by atoms with E-state index in [1.165, 1.54) is 12.1 Å². The van der Waals surface area contributed by atoms with Crippen molar-refractivity contribution in [2.45, 2.75) is 33.7 Å². The number of benzene rings is 1. The van der Waals surface area contributed by atoms with Crippen LogP contribution in [0.2, 0.25) is 0 Å². The Morgan fingerprint density at radius 2 is 1.80 bits per heavy atom. The van der Waals surface area contributed by atoms with Crippen LogP contribution in [0.5, 0.6) is 0 Å². The maximum absolute atomic E-state index is 13.3. The molecule has 4 heteroatoms. The number of carbonyl (C=O) groups excluding carboxylic acids is 1. The van der Waals surface area contributed by atoms with Crippen LogP contribution < -0.4 is 0 Å². The molecular formula is C16H21F2NO. The van der Waals surface area contributed by atoms with Crippen LogP contribution in [0, 0.1) is 17.0 Å². The average Bonchev–Trinajstić information content (AvgIpc) is 2.32. The van der Waals surface area contributed by atoms with Gasteiger partial charge in [-0.15, -0.1) is 6.58 Å². The Hall–Kier alpha value is -1.71. The van der Waals surface area contributed by atoms with Crippen LogP contribution in [0.3, 0.4) is 0 Å². The molecule has 0 aromatic heterocycles. The minimum Gasteiger partial charge on any atom is -0.332 e. The van der Waals surface area contributed by atoms with Gasteiger partial charge in [0.15, 0.2) is 0 Å². The first kappa shape index (κ1) is 16.3. The van der Waals surface area contributed by atoms with Crippen molar-refractivity contribution >= 4 is 5.91 Å². The van der Waals surface area contributed by atoms with E-state index in [2.05, 4.69) is 6.58 Å². The van der Waals surface area contributed by atoms with Gasteiger partial charge in [-0.25, -0.2) is 8.78 Å². The van der Waals surface area contributed by atoms with Gasteiger partial charge in [-0.2, -0.15) is 0 Å². The largest absolute Gasteiger partial charge is 0.332 e. The number of halogens is 2. The van der Waals surface area contributed by atoms with Crippen LogP contribution >= 0.6 is 0 Å². The molecule has 1 rings (SSSR count). The number of amides is 1. The molecule has 2 nitrogen and oxygen atoms in total. The molecule has 0 aliphatic rings. The molecule has 0 radical (unpaired) electrons. The number of rotatable bonds is 4. The first-order valence-electron chi connectivity index (χ1n) is 6.54. The van der Waals surface area contributed by atoms with Gasteiger partial charge in [0.2, 0.25) is 5.91 Å². The highest BCUT2D eigenvalue weighted by Crippen LogP contribution is 2.27. The van der Waals surface area contributed by atoms with Crippen molar-refractivity contribution in [1.29, 1.82) is 0 Å². The van der Waals surface area contributed by atoms with Crippen LogP contribution in [0.4, 0.5) is 8.78 Å². The van der Waals surface area contributed by atoms with Gasteiger partial charge in [0.05, 0.1) is 6.04 Å². The van der Waals surface area contributed by atoms with Crippen molar-refractivity contribution in [3.8, 4) is 0 Å². The molecule has 0 saturated carbocycles. The summed E-state index contributed by atoms with van der Waals surface area (Å²) in [6, 6.07) is 2.89. The molecule has 0 aliphatic heterocycles. The molecule has 0 bridgehead atoms. The number of hydrogen-bond donors (Lipinski definition) is 0. The van der Waals surface area contributed by atoms with E-state index in [9.17, 15) is 13.6 Å². The lowest BCUT2D eigenvalue weighted by Crippen LogP contribution is -2.41. The van der Waals surface area contributed by atoms with Crippen LogP contribution in [0.25, 0.3) is 0 Å². The third kappa shape index (κ3) is 3.89. The zero-order valence-corrected chi connectivity index (χ0v) is 12.4. The highest BCUT2D eigenvalue weighted by molar-refractivity contribution is 5.82. The van der Waals surface area contributed by atoms with Crippen LogP contribution in [0.1, 0.15) is 39.3 Å². The molecule has 1 amide bonds. The average molecular weight is 281 g/mol. The molecule has 0 unspecified atom stereocenters. The molecule has 1 aromatic rings. The van der Waals surface area contributed by atoms with Crippen LogP contribution in [0.15, 0.2) is 30.9 Å². The summed E-state index contributed by atoms with van der Waals surface area (Å²) in [6.07, 6.45) is 1.61. The summed E-state index contributed by atoms with van der Waals surface area (Å²) in [5.74, 6) is -1.38. The first-order chi connectivity index (χ1) is 9.16. The van der Waals surface area contributed by atoms with E-state index >= 15 is 0 Å². The molecule has 1 aromatic carbocycles. The summed E-state index contributed by atoms with van der Waals surface area (Å²) in [6.45, 7) is 11.1. The highest BCUT2D eigenvalue weighted by atomic mass is 19.1. The minimum atomic E-state index is -0.645. The van der Waals surface area contributed by atoms with Crippen molar-refractivity contribution in [3.63, 3.8) is 0 Å². The molecule has 0 spiro atoms. The van der Waals surface area contributed by atoms with Gasteiger partial charge in [0.25, 0.3) is 0 Å². The molecule has 0 heterocycles. The van der Waals surface area contributed by atoms with Crippen molar-refractivity contribution < 1.29 is 13.6 Å². The fourth-order valence-corrected chi connectivity index (χ4v) is 1.98. The Labute approximate surface area is 119 Å². The molecule has 0 aliphatic carbocycles. The van der Waals surface area contributed by atoms with Crippen molar-refractivity contribution in [2.24, 2.45) is 5.41 Å². The lowest BCUT2D eigenvalue weighted by Gasteiger charge is -2.34. The minimum absolute atomic E-state index is 0.0884. The third-order valence-corrected chi connectivity index (χ3v) is 3.06. The van der Waals surface area contributed by atoms with Gasteiger partial charge in [-0.3, -0.25) is 4.79 Å². The van der Waals surface area contributed by atoms with Crippen molar-refractivity contribution in [2.75, 3.05) is 6.54 Å². The Morgan fingerprint density at radius 3 is 2.20 bits per heavy atom. The summed E-state index contributed by atoms with van der Waals surface area (Å²) in [5, 5.41) is 0. The maximum Gasteiger partial charge on any atom is 0.228 e. The molecular weight excluding hydrogens is 260 g/mol. The number of hydrogen-bond acceptors (Lipinski definition) is 1. The lowest BCUT2D eigenvalue weighted by molar-refractivity contribution is -0.141. The Morgan fingerprint density at radius 1 is 1.30 bits per heavy atom. The van der Waals surface area contributed by atoms with Gasteiger partial charge < -0.3 is 4.90 Å². The maximum atomic E-state index is 13.3. The summed E-state index contributed by atoms with van der Waals surface area (Å²) >= 11 is 0. The van der Waals surface area contributed by atoms with Gasteiger partial charge >= 0.3 is 0 Å². The molecule has 20 heavy (non-hydrogen) atoms. The Balaban J connectivity index is 3.14. The molecule has 0 N–H and O–H groups in total. The fourth-order valence-electron chi connectivity index (χ4n) is 1.98. The highest BCUT2D eigenvalue weighted by Gasteiger charge is 2.30. The van der Waals surface area contributed by atoms with Gasteiger partial charge in [-0.05, 0) is 24.6 Å². The summed E-state index contributed by atoms with van der Waals surface area (Å²) in [4.78, 5) is 14.0. The number of carbonyl (C=O) groups is 1. The van der Waals surface area contributed by atoms with E-state index in [1.807, 2.05) is 20.8 Å². The Kier molecular flexibility index (Phi) is 5.03. The quantitative estimate of drug-likeness (QED) is 0.761. The predicted molar refractivity (Wildman–Crippen MR) is 76.1 cm³/mol. The van der Waals surface area contributed by atoms with E-state index in [0.29, 0.717) is 12.1 Å². The first-order valence-corrected chi connectivity index (χ1v) is 6.54. The standard InChI is InChI=1S/C16H21F2NO/c1-6-7-19(15(20)16(3,4)5)11(2)12-8-13(17)10-14(18)9-12/h6,8-11H,1,7H2,2-5H3/t11-/m1/s1. The van der Waals surface area contributed by atoms with E-state index < -0.39 is 23.1 Å². The van der Waals surface area contributed by atoms with E-state index in [4.69, 9.17) is 0 Å². The second-order valence-electron chi connectivity index (χ2n) is 5.87. The van der Waals surface area contributed by atoms with Gasteiger partial charge in [-0.1, -0.05) is 26.8 Å². The monoisotopic (exact) mass is 281 g/mol. The molecule has 1 atom stereocenters. The van der Waals surface area contributed by atoms with Gasteiger partial charge in [0.1, 0.15) is 11.6 Å². The molecule has 0 fully saturated rings. The lowest BCUT2D eigenvalue weighted by atomic mass is 9.93. The summed E-state index contributed by atoms with van der Waals surface area (Å²) < 4.78 is 26.6. The topological polar surface area (TPSA) is 20.3 Å².